The van der Waals surface area contributed by atoms with E-state index < -0.39 is 5.82 Å². The summed E-state index contributed by atoms with van der Waals surface area (Å²) >= 11 is 7.10. The summed E-state index contributed by atoms with van der Waals surface area (Å²) in [5.74, 6) is -0.469. The second-order valence-electron chi connectivity index (χ2n) is 3.28. The molecule has 0 atom stereocenters. The fourth-order valence-electron chi connectivity index (χ4n) is 1.41. The Labute approximate surface area is 102 Å². The normalized spacial score (nSPS) is 10.7. The lowest BCUT2D eigenvalue weighted by Gasteiger charge is -2.01. The van der Waals surface area contributed by atoms with Crippen molar-refractivity contribution in [2.45, 2.75) is 13.3 Å². The molecular weight excluding hydrogens is 247 g/mol. The second-order valence-corrected chi connectivity index (χ2v) is 4.80. The molecule has 0 unspecified atom stereocenters. The molecule has 2 aromatic rings. The third kappa shape index (κ3) is 1.90. The number of thiazole rings is 1. The SMILES string of the molecule is CCc1nc(-c2cccc(Cl)c2F)c(N)s1. The molecule has 2 rings (SSSR count). The Bertz CT molecular complexity index is 525. The highest BCUT2D eigenvalue weighted by atomic mass is 35.5. The smallest absolute Gasteiger partial charge is 0.151 e. The minimum absolute atomic E-state index is 0.0861. The van der Waals surface area contributed by atoms with E-state index in [0.29, 0.717) is 16.3 Å². The Kier molecular flexibility index (Phi) is 3.12. The predicted octanol–water partition coefficient (Wildman–Crippen LogP) is 3.75. The van der Waals surface area contributed by atoms with Crippen LogP contribution in [0.25, 0.3) is 11.3 Å². The molecule has 0 spiro atoms. The molecule has 0 amide bonds. The van der Waals surface area contributed by atoms with Crippen LogP contribution < -0.4 is 5.73 Å². The number of hydrogen-bond acceptors (Lipinski definition) is 3. The molecule has 2 N–H and O–H groups in total. The molecule has 2 nitrogen and oxygen atoms in total. The molecule has 0 saturated carbocycles. The lowest BCUT2D eigenvalue weighted by atomic mass is 10.1. The van der Waals surface area contributed by atoms with Crippen molar-refractivity contribution in [1.29, 1.82) is 0 Å². The van der Waals surface area contributed by atoms with Gasteiger partial charge >= 0.3 is 0 Å². The summed E-state index contributed by atoms with van der Waals surface area (Å²) < 4.78 is 13.8. The number of benzene rings is 1. The van der Waals surface area contributed by atoms with Crippen LogP contribution in [-0.2, 0) is 6.42 Å². The third-order valence-corrected chi connectivity index (χ3v) is 3.53. The summed E-state index contributed by atoms with van der Waals surface area (Å²) in [5.41, 5.74) is 6.66. The van der Waals surface area contributed by atoms with Gasteiger partial charge in [0, 0.05) is 5.56 Å². The summed E-state index contributed by atoms with van der Waals surface area (Å²) in [5, 5.41) is 1.51. The van der Waals surface area contributed by atoms with E-state index in [1.165, 1.54) is 17.4 Å². The van der Waals surface area contributed by atoms with Crippen molar-refractivity contribution in [3.05, 3.63) is 34.0 Å². The third-order valence-electron chi connectivity index (χ3n) is 2.21. The summed E-state index contributed by atoms with van der Waals surface area (Å²) in [7, 11) is 0. The molecule has 84 valence electrons. The maximum absolute atomic E-state index is 13.8. The van der Waals surface area contributed by atoms with E-state index in [1.807, 2.05) is 6.92 Å². The first-order valence-corrected chi connectivity index (χ1v) is 6.02. The molecule has 0 aliphatic rings. The van der Waals surface area contributed by atoms with E-state index >= 15 is 0 Å². The standard InChI is InChI=1S/C11H10ClFN2S/c1-2-8-15-10(11(14)16-8)6-4-3-5-7(12)9(6)13/h3-5H,2,14H2,1H3. The number of rotatable bonds is 2. The predicted molar refractivity (Wildman–Crippen MR) is 66.3 cm³/mol. The van der Waals surface area contributed by atoms with Crippen LogP contribution >= 0.6 is 22.9 Å². The first-order chi connectivity index (χ1) is 7.63. The van der Waals surface area contributed by atoms with Gasteiger partial charge in [0.05, 0.1) is 10.0 Å². The summed E-state index contributed by atoms with van der Waals surface area (Å²) in [6.07, 6.45) is 0.789. The molecule has 0 radical (unpaired) electrons. The van der Waals surface area contributed by atoms with Gasteiger partial charge in [0.2, 0.25) is 0 Å². The molecule has 0 saturated heterocycles. The topological polar surface area (TPSA) is 38.9 Å². The van der Waals surface area contributed by atoms with Crippen molar-refractivity contribution in [3.8, 4) is 11.3 Å². The van der Waals surface area contributed by atoms with Gasteiger partial charge in [-0.05, 0) is 18.6 Å². The summed E-state index contributed by atoms with van der Waals surface area (Å²) in [6, 6.07) is 4.82. The van der Waals surface area contributed by atoms with E-state index in [4.69, 9.17) is 17.3 Å². The van der Waals surface area contributed by atoms with Gasteiger partial charge in [-0.1, -0.05) is 24.6 Å². The lowest BCUT2D eigenvalue weighted by Crippen LogP contribution is -1.90. The lowest BCUT2D eigenvalue weighted by molar-refractivity contribution is 0.631. The monoisotopic (exact) mass is 256 g/mol. The van der Waals surface area contributed by atoms with Gasteiger partial charge in [-0.3, -0.25) is 0 Å². The quantitative estimate of drug-likeness (QED) is 0.889. The van der Waals surface area contributed by atoms with Gasteiger partial charge < -0.3 is 5.73 Å². The fourth-order valence-corrected chi connectivity index (χ4v) is 2.37. The van der Waals surface area contributed by atoms with Crippen LogP contribution in [0, 0.1) is 5.82 Å². The van der Waals surface area contributed by atoms with Crippen molar-refractivity contribution < 1.29 is 4.39 Å². The van der Waals surface area contributed by atoms with Crippen LogP contribution in [0.15, 0.2) is 18.2 Å². The van der Waals surface area contributed by atoms with Crippen molar-refractivity contribution >= 4 is 27.9 Å². The van der Waals surface area contributed by atoms with Crippen LogP contribution in [-0.4, -0.2) is 4.98 Å². The highest BCUT2D eigenvalue weighted by molar-refractivity contribution is 7.16. The van der Waals surface area contributed by atoms with E-state index in [2.05, 4.69) is 4.98 Å². The Morgan fingerprint density at radius 1 is 1.50 bits per heavy atom. The average Bonchev–Trinajstić information content (AvgIpc) is 2.64. The highest BCUT2D eigenvalue weighted by Crippen LogP contribution is 2.34. The Hall–Kier alpha value is -1.13. The fraction of sp³-hybridized carbons (Fsp3) is 0.182. The minimum Gasteiger partial charge on any atom is -0.389 e. The molecule has 0 fully saturated rings. The van der Waals surface area contributed by atoms with Crippen LogP contribution in [0.3, 0.4) is 0 Å². The van der Waals surface area contributed by atoms with Gasteiger partial charge in [0.1, 0.15) is 10.7 Å². The number of anilines is 1. The van der Waals surface area contributed by atoms with Crippen molar-refractivity contribution in [3.63, 3.8) is 0 Å². The number of nitrogens with zero attached hydrogens (tertiary/aromatic N) is 1. The zero-order valence-corrected chi connectivity index (χ0v) is 10.2. The molecule has 0 aliphatic carbocycles. The van der Waals surface area contributed by atoms with Crippen molar-refractivity contribution in [1.82, 2.24) is 4.98 Å². The van der Waals surface area contributed by atoms with Crippen LogP contribution in [0.5, 0.6) is 0 Å². The Morgan fingerprint density at radius 3 is 2.88 bits per heavy atom. The van der Waals surface area contributed by atoms with E-state index in [9.17, 15) is 4.39 Å². The van der Waals surface area contributed by atoms with E-state index in [0.717, 1.165) is 11.4 Å². The van der Waals surface area contributed by atoms with E-state index in [-0.39, 0.29) is 5.02 Å². The maximum Gasteiger partial charge on any atom is 0.151 e. The average molecular weight is 257 g/mol. The zero-order chi connectivity index (χ0) is 11.7. The first-order valence-electron chi connectivity index (χ1n) is 4.83. The summed E-state index contributed by atoms with van der Waals surface area (Å²) in [6.45, 7) is 1.98. The second kappa shape index (κ2) is 4.39. The van der Waals surface area contributed by atoms with Gasteiger partial charge in [-0.25, -0.2) is 9.37 Å². The van der Waals surface area contributed by atoms with Crippen molar-refractivity contribution in [2.24, 2.45) is 0 Å². The van der Waals surface area contributed by atoms with Gasteiger partial charge in [-0.2, -0.15) is 0 Å². The minimum atomic E-state index is -0.469. The zero-order valence-electron chi connectivity index (χ0n) is 8.63. The van der Waals surface area contributed by atoms with Gasteiger partial charge in [0.25, 0.3) is 0 Å². The first kappa shape index (κ1) is 11.4. The van der Waals surface area contributed by atoms with E-state index in [1.54, 1.807) is 12.1 Å². The van der Waals surface area contributed by atoms with Crippen molar-refractivity contribution in [2.75, 3.05) is 5.73 Å². The molecule has 16 heavy (non-hydrogen) atoms. The van der Waals surface area contributed by atoms with Gasteiger partial charge in [-0.15, -0.1) is 11.3 Å². The maximum atomic E-state index is 13.8. The van der Waals surface area contributed by atoms with Crippen LogP contribution in [0.2, 0.25) is 5.02 Å². The molecule has 1 aromatic heterocycles. The van der Waals surface area contributed by atoms with Crippen LogP contribution in [0.1, 0.15) is 11.9 Å². The number of aryl methyl sites for hydroxylation is 1. The number of nitrogen functional groups attached to an aromatic ring is 1. The number of nitrogens with two attached hydrogens (primary N) is 1. The summed E-state index contributed by atoms with van der Waals surface area (Å²) in [4.78, 5) is 4.30. The number of aromatic nitrogens is 1. The number of halogens is 2. The molecule has 1 aromatic carbocycles. The Morgan fingerprint density at radius 2 is 2.25 bits per heavy atom. The van der Waals surface area contributed by atoms with Gasteiger partial charge in [0.15, 0.2) is 5.82 Å². The Balaban J connectivity index is 2.58. The molecule has 0 bridgehead atoms. The highest BCUT2D eigenvalue weighted by Gasteiger charge is 2.15. The molecule has 0 aliphatic heterocycles. The number of hydrogen-bond donors (Lipinski definition) is 1. The molecular formula is C11H10ClFN2S. The molecule has 5 heteroatoms. The largest absolute Gasteiger partial charge is 0.389 e. The molecule has 1 heterocycles. The van der Waals surface area contributed by atoms with Crippen LogP contribution in [0.4, 0.5) is 9.39 Å².